The van der Waals surface area contributed by atoms with Crippen LogP contribution in [0.2, 0.25) is 0 Å². The van der Waals surface area contributed by atoms with E-state index in [1.165, 1.54) is 47.0 Å². The molecule has 2 N–H and O–H groups in total. The summed E-state index contributed by atoms with van der Waals surface area (Å²) in [6.45, 7) is -0.184. The molecule has 0 bridgehead atoms. The second-order valence-corrected chi connectivity index (χ2v) is 8.62. The van der Waals surface area contributed by atoms with E-state index >= 15 is 0 Å². The lowest BCUT2D eigenvalue weighted by Gasteiger charge is -2.15. The van der Waals surface area contributed by atoms with Crippen molar-refractivity contribution in [2.24, 2.45) is 0 Å². The van der Waals surface area contributed by atoms with Gasteiger partial charge in [-0.05, 0) is 78.4 Å². The molecule has 10 heteroatoms. The minimum atomic E-state index is -4.54. The number of halogens is 3. The maximum atomic E-state index is 13.7. The van der Waals surface area contributed by atoms with Crippen molar-refractivity contribution < 1.29 is 32.5 Å². The number of anilines is 1. The first-order valence-electron chi connectivity index (χ1n) is 11.8. The van der Waals surface area contributed by atoms with E-state index in [4.69, 9.17) is 9.47 Å². The number of amides is 1. The van der Waals surface area contributed by atoms with Gasteiger partial charge in [0, 0.05) is 11.3 Å². The predicted molar refractivity (Wildman–Crippen MR) is 139 cm³/mol. The Balaban J connectivity index is 1.52. The van der Waals surface area contributed by atoms with Crippen LogP contribution in [-0.2, 0) is 12.7 Å². The van der Waals surface area contributed by atoms with Gasteiger partial charge in [0.2, 0.25) is 0 Å². The smallest absolute Gasteiger partial charge is 0.416 e. The number of imidazole rings is 1. The van der Waals surface area contributed by atoms with E-state index in [0.29, 0.717) is 33.8 Å². The van der Waals surface area contributed by atoms with Crippen LogP contribution in [0.15, 0.2) is 91.0 Å². The molecule has 0 aliphatic rings. The van der Waals surface area contributed by atoms with E-state index in [-0.39, 0.29) is 29.8 Å². The number of phenolic OH excluding ortho intramolecular Hbond substituents is 1. The number of nitrogens with one attached hydrogen (secondary N) is 1. The number of hydrogen-bond donors (Lipinski definition) is 2. The predicted octanol–water partition coefficient (Wildman–Crippen LogP) is 6.86. The molecular formula is C29H22F3N3O4. The quantitative estimate of drug-likeness (QED) is 0.239. The summed E-state index contributed by atoms with van der Waals surface area (Å²) < 4.78 is 53.7. The maximum Gasteiger partial charge on any atom is 0.416 e. The highest BCUT2D eigenvalue weighted by atomic mass is 19.4. The summed E-state index contributed by atoms with van der Waals surface area (Å²) in [5, 5.41) is 12.4. The van der Waals surface area contributed by atoms with E-state index in [2.05, 4.69) is 10.3 Å². The van der Waals surface area contributed by atoms with Gasteiger partial charge in [-0.25, -0.2) is 0 Å². The van der Waals surface area contributed by atoms with Crippen LogP contribution in [0.4, 0.5) is 18.9 Å². The summed E-state index contributed by atoms with van der Waals surface area (Å²) in [6.07, 6.45) is -4.54. The summed E-state index contributed by atoms with van der Waals surface area (Å²) in [5.74, 6) is 0.613. The number of hydrogen-bond acceptors (Lipinski definition) is 5. The number of methoxy groups -OCH3 is 1. The molecular weight excluding hydrogens is 511 g/mol. The van der Waals surface area contributed by atoms with E-state index in [1.54, 1.807) is 49.6 Å². The number of aromatic nitrogens is 2. The highest BCUT2D eigenvalue weighted by Gasteiger charge is 2.33. The van der Waals surface area contributed by atoms with Crippen molar-refractivity contribution in [3.05, 3.63) is 108 Å². The van der Waals surface area contributed by atoms with Crippen LogP contribution in [0.5, 0.6) is 23.3 Å². The van der Waals surface area contributed by atoms with Crippen LogP contribution in [0.25, 0.3) is 11.0 Å². The minimum absolute atomic E-state index is 0.0281. The molecule has 1 aromatic heterocycles. The van der Waals surface area contributed by atoms with Gasteiger partial charge < -0.3 is 19.9 Å². The minimum Gasteiger partial charge on any atom is -0.508 e. The molecule has 0 fully saturated rings. The molecule has 198 valence electrons. The summed E-state index contributed by atoms with van der Waals surface area (Å²) in [4.78, 5) is 17.4. The Morgan fingerprint density at radius 3 is 2.33 bits per heavy atom. The van der Waals surface area contributed by atoms with E-state index in [9.17, 15) is 23.1 Å². The number of ether oxygens (including phenoxy) is 2. The number of alkyl halides is 3. The summed E-state index contributed by atoms with van der Waals surface area (Å²) in [5.41, 5.74) is 0.956. The molecule has 0 aliphatic carbocycles. The zero-order valence-electron chi connectivity index (χ0n) is 20.6. The standard InChI is InChI=1S/C29H22F3N3O4/c1-38-22-11-7-20(8-12-22)33-27(37)18-6-15-26-25(16-18)34-28(39-23-13-9-21(36)10-14-23)35(26)17-19-4-2-3-5-24(19)29(30,31)32/h2-16,36H,17H2,1H3,(H,33,37). The first-order chi connectivity index (χ1) is 18.7. The third-order valence-electron chi connectivity index (χ3n) is 6.02. The largest absolute Gasteiger partial charge is 0.508 e. The van der Waals surface area contributed by atoms with Gasteiger partial charge in [-0.1, -0.05) is 18.2 Å². The molecule has 39 heavy (non-hydrogen) atoms. The molecule has 0 spiro atoms. The average molecular weight is 534 g/mol. The van der Waals surface area contributed by atoms with Crippen LogP contribution >= 0.6 is 0 Å². The molecule has 5 rings (SSSR count). The SMILES string of the molecule is COc1ccc(NC(=O)c2ccc3c(c2)nc(Oc2ccc(O)cc2)n3Cc2ccccc2C(F)(F)F)cc1. The Hall–Kier alpha value is -4.99. The zero-order valence-corrected chi connectivity index (χ0v) is 20.6. The Bertz CT molecular complexity index is 1630. The van der Waals surface area contributed by atoms with Crippen molar-refractivity contribution in [2.75, 3.05) is 12.4 Å². The van der Waals surface area contributed by atoms with Gasteiger partial charge in [-0.15, -0.1) is 0 Å². The second-order valence-electron chi connectivity index (χ2n) is 8.62. The normalized spacial score (nSPS) is 11.4. The fraction of sp³-hybridized carbons (Fsp3) is 0.103. The average Bonchev–Trinajstić information content (AvgIpc) is 3.26. The second kappa shape index (κ2) is 10.4. The highest BCUT2D eigenvalue weighted by molar-refractivity contribution is 6.06. The molecule has 4 aromatic carbocycles. The van der Waals surface area contributed by atoms with Gasteiger partial charge in [0.1, 0.15) is 17.2 Å². The number of aromatic hydroxyl groups is 1. The van der Waals surface area contributed by atoms with E-state index in [0.717, 1.165) is 6.07 Å². The Kier molecular flexibility index (Phi) is 6.84. The van der Waals surface area contributed by atoms with Crippen molar-refractivity contribution in [3.63, 3.8) is 0 Å². The van der Waals surface area contributed by atoms with Crippen LogP contribution < -0.4 is 14.8 Å². The molecule has 1 amide bonds. The summed E-state index contributed by atoms with van der Waals surface area (Å²) >= 11 is 0. The summed E-state index contributed by atoms with van der Waals surface area (Å²) in [6, 6.07) is 22.7. The molecule has 1 heterocycles. The van der Waals surface area contributed by atoms with E-state index < -0.39 is 11.7 Å². The Morgan fingerprint density at radius 2 is 1.64 bits per heavy atom. The number of carbonyl (C=O) groups is 1. The molecule has 0 atom stereocenters. The van der Waals surface area contributed by atoms with E-state index in [1.807, 2.05) is 0 Å². The lowest BCUT2D eigenvalue weighted by atomic mass is 10.1. The molecule has 7 nitrogen and oxygen atoms in total. The molecule has 0 unspecified atom stereocenters. The van der Waals surface area contributed by atoms with Crippen molar-refractivity contribution in [1.29, 1.82) is 0 Å². The van der Waals surface area contributed by atoms with Crippen LogP contribution in [0.1, 0.15) is 21.5 Å². The van der Waals surface area contributed by atoms with Crippen LogP contribution in [0, 0.1) is 0 Å². The highest BCUT2D eigenvalue weighted by Crippen LogP contribution is 2.34. The van der Waals surface area contributed by atoms with Gasteiger partial charge in [0.05, 0.1) is 30.3 Å². The number of rotatable bonds is 7. The molecule has 0 radical (unpaired) electrons. The van der Waals surface area contributed by atoms with Crippen molar-refractivity contribution >= 4 is 22.6 Å². The molecule has 5 aromatic rings. The zero-order chi connectivity index (χ0) is 27.6. The topological polar surface area (TPSA) is 85.6 Å². The van der Waals surface area contributed by atoms with Gasteiger partial charge in [0.15, 0.2) is 0 Å². The van der Waals surface area contributed by atoms with Crippen molar-refractivity contribution in [2.45, 2.75) is 12.7 Å². The van der Waals surface area contributed by atoms with Crippen LogP contribution in [-0.4, -0.2) is 27.7 Å². The number of fused-ring (bicyclic) bond motifs is 1. The molecule has 0 saturated heterocycles. The van der Waals surface area contributed by atoms with Crippen LogP contribution in [0.3, 0.4) is 0 Å². The lowest BCUT2D eigenvalue weighted by Crippen LogP contribution is -2.12. The third kappa shape index (κ3) is 5.64. The Labute approximate surface area is 221 Å². The summed E-state index contributed by atoms with van der Waals surface area (Å²) in [7, 11) is 1.54. The van der Waals surface area contributed by atoms with Gasteiger partial charge in [-0.2, -0.15) is 18.2 Å². The van der Waals surface area contributed by atoms with Crippen molar-refractivity contribution in [3.8, 4) is 23.3 Å². The first-order valence-corrected chi connectivity index (χ1v) is 11.8. The van der Waals surface area contributed by atoms with Crippen molar-refractivity contribution in [1.82, 2.24) is 9.55 Å². The first kappa shape index (κ1) is 25.7. The molecule has 0 saturated carbocycles. The molecule has 0 aliphatic heterocycles. The monoisotopic (exact) mass is 533 g/mol. The number of carbonyl (C=O) groups excluding carboxylic acids is 1. The lowest BCUT2D eigenvalue weighted by molar-refractivity contribution is -0.138. The number of phenols is 1. The Morgan fingerprint density at radius 1 is 0.949 bits per heavy atom. The third-order valence-corrected chi connectivity index (χ3v) is 6.02. The number of nitrogens with zero attached hydrogens (tertiary/aromatic N) is 2. The fourth-order valence-corrected chi connectivity index (χ4v) is 4.08. The van der Waals surface area contributed by atoms with Gasteiger partial charge >= 0.3 is 12.2 Å². The fourth-order valence-electron chi connectivity index (χ4n) is 4.08. The van der Waals surface area contributed by atoms with Gasteiger partial charge in [-0.3, -0.25) is 9.36 Å². The van der Waals surface area contributed by atoms with Gasteiger partial charge in [0.25, 0.3) is 5.91 Å². The number of benzene rings is 4. The maximum absolute atomic E-state index is 13.7.